The molecule has 0 saturated heterocycles. The third kappa shape index (κ3) is 8.82. The molecule has 0 aromatic heterocycles. The molecule has 0 bridgehead atoms. The second-order valence-corrected chi connectivity index (χ2v) is 8.28. The van der Waals surface area contributed by atoms with E-state index in [0.29, 0.717) is 0 Å². The molecule has 0 atom stereocenters. The zero-order valence-corrected chi connectivity index (χ0v) is 14.9. The lowest BCUT2D eigenvalue weighted by atomic mass is 10.0. The van der Waals surface area contributed by atoms with E-state index < -0.39 is 0 Å². The predicted molar refractivity (Wildman–Crippen MR) is 98.5 cm³/mol. The number of hydrogen-bond donors (Lipinski definition) is 2. The summed E-state index contributed by atoms with van der Waals surface area (Å²) in [6, 6.07) is 8.95. The standard InChI is InChI=1S/C19H33O2S/c1-2-3-4-5-6-7-8-18-9-11-19(12-10-18)17-22(15-13-20)16-14-21/h9-12,20-21H,2-8,13-17H2,1H3/q+1. The molecule has 0 aliphatic rings. The fourth-order valence-corrected chi connectivity index (χ4v) is 4.32. The SMILES string of the molecule is CCCCCCCCc1ccc(C[S+](CCO)CCO)cc1. The van der Waals surface area contributed by atoms with Crippen molar-refractivity contribution in [2.75, 3.05) is 24.7 Å². The molecule has 2 N–H and O–H groups in total. The molecule has 0 aliphatic carbocycles. The summed E-state index contributed by atoms with van der Waals surface area (Å²) in [5.41, 5.74) is 2.76. The van der Waals surface area contributed by atoms with Crippen molar-refractivity contribution in [3.8, 4) is 0 Å². The molecule has 3 heteroatoms. The van der Waals surface area contributed by atoms with E-state index in [1.54, 1.807) is 0 Å². The molecule has 0 amide bonds. The van der Waals surface area contributed by atoms with Crippen LogP contribution < -0.4 is 0 Å². The molecular weight excluding hydrogens is 292 g/mol. The van der Waals surface area contributed by atoms with Crippen LogP contribution in [0.1, 0.15) is 56.6 Å². The van der Waals surface area contributed by atoms with E-state index in [4.69, 9.17) is 10.2 Å². The maximum Gasteiger partial charge on any atom is 0.133 e. The first-order valence-corrected chi connectivity index (χ1v) is 10.5. The fraction of sp³-hybridized carbons (Fsp3) is 0.684. The zero-order chi connectivity index (χ0) is 16.0. The van der Waals surface area contributed by atoms with Crippen LogP contribution in [0.5, 0.6) is 0 Å². The fourth-order valence-electron chi connectivity index (χ4n) is 2.65. The van der Waals surface area contributed by atoms with Crippen molar-refractivity contribution in [2.24, 2.45) is 0 Å². The van der Waals surface area contributed by atoms with Gasteiger partial charge in [0.15, 0.2) is 0 Å². The molecule has 0 saturated carbocycles. The van der Waals surface area contributed by atoms with Gasteiger partial charge in [-0.25, -0.2) is 0 Å². The van der Waals surface area contributed by atoms with Crippen molar-refractivity contribution in [1.29, 1.82) is 0 Å². The highest BCUT2D eigenvalue weighted by atomic mass is 32.2. The first kappa shape index (κ1) is 19.5. The highest BCUT2D eigenvalue weighted by Crippen LogP contribution is 2.14. The summed E-state index contributed by atoms with van der Waals surface area (Å²) < 4.78 is 0. The van der Waals surface area contributed by atoms with Crippen molar-refractivity contribution >= 4 is 10.9 Å². The lowest BCUT2D eigenvalue weighted by molar-refractivity contribution is 0.316. The van der Waals surface area contributed by atoms with Gasteiger partial charge in [0.1, 0.15) is 17.3 Å². The van der Waals surface area contributed by atoms with Crippen molar-refractivity contribution in [1.82, 2.24) is 0 Å². The molecule has 0 spiro atoms. The molecular formula is C19H33O2S+. The zero-order valence-electron chi connectivity index (χ0n) is 14.1. The second-order valence-electron chi connectivity index (χ2n) is 5.95. The summed E-state index contributed by atoms with van der Waals surface area (Å²) in [6.45, 7) is 2.70. The quantitative estimate of drug-likeness (QED) is 0.429. The Labute approximate surface area is 139 Å². The lowest BCUT2D eigenvalue weighted by Gasteiger charge is -2.07. The highest BCUT2D eigenvalue weighted by molar-refractivity contribution is 7.96. The Kier molecular flexibility index (Phi) is 11.5. The summed E-state index contributed by atoms with van der Waals surface area (Å²) in [7, 11) is 0.108. The summed E-state index contributed by atoms with van der Waals surface area (Å²) in [4.78, 5) is 0. The summed E-state index contributed by atoms with van der Waals surface area (Å²) in [5.74, 6) is 2.60. The average Bonchev–Trinajstić information content (AvgIpc) is 2.53. The van der Waals surface area contributed by atoms with Gasteiger partial charge in [0.25, 0.3) is 0 Å². The Hall–Kier alpha value is -0.510. The van der Waals surface area contributed by atoms with Gasteiger partial charge in [0.05, 0.1) is 13.2 Å². The molecule has 1 aromatic carbocycles. The Morgan fingerprint density at radius 2 is 1.32 bits per heavy atom. The lowest BCUT2D eigenvalue weighted by Crippen LogP contribution is -2.19. The predicted octanol–water partition coefficient (Wildman–Crippen LogP) is 3.69. The van der Waals surface area contributed by atoms with Crippen molar-refractivity contribution in [3.63, 3.8) is 0 Å². The van der Waals surface area contributed by atoms with Gasteiger partial charge in [-0.1, -0.05) is 63.3 Å². The molecule has 0 aliphatic heterocycles. The smallest absolute Gasteiger partial charge is 0.133 e. The van der Waals surface area contributed by atoms with E-state index in [0.717, 1.165) is 17.3 Å². The van der Waals surface area contributed by atoms with Crippen LogP contribution >= 0.6 is 0 Å². The number of aliphatic hydroxyl groups excluding tert-OH is 2. The number of aryl methyl sites for hydroxylation is 1. The number of unbranched alkanes of at least 4 members (excludes halogenated alkanes) is 5. The molecule has 1 rings (SSSR count). The van der Waals surface area contributed by atoms with Crippen molar-refractivity contribution in [2.45, 2.75) is 57.6 Å². The van der Waals surface area contributed by atoms with E-state index >= 15 is 0 Å². The van der Waals surface area contributed by atoms with Gasteiger partial charge in [-0.05, 0) is 29.3 Å². The maximum absolute atomic E-state index is 9.09. The topological polar surface area (TPSA) is 40.5 Å². The molecule has 2 nitrogen and oxygen atoms in total. The summed E-state index contributed by atoms with van der Waals surface area (Å²) in [6.07, 6.45) is 9.27. The molecule has 0 unspecified atom stereocenters. The third-order valence-corrected chi connectivity index (χ3v) is 6.23. The van der Waals surface area contributed by atoms with Crippen LogP contribution in [-0.4, -0.2) is 34.9 Å². The molecule has 1 aromatic rings. The first-order chi connectivity index (χ1) is 10.8. The summed E-state index contributed by atoms with van der Waals surface area (Å²) >= 11 is 0. The minimum atomic E-state index is 0.108. The van der Waals surface area contributed by atoms with Gasteiger partial charge in [0, 0.05) is 5.56 Å². The van der Waals surface area contributed by atoms with Gasteiger partial charge in [-0.15, -0.1) is 0 Å². The van der Waals surface area contributed by atoms with E-state index in [-0.39, 0.29) is 24.1 Å². The van der Waals surface area contributed by atoms with Crippen molar-refractivity contribution < 1.29 is 10.2 Å². The number of benzene rings is 1. The number of hydrogen-bond acceptors (Lipinski definition) is 2. The normalized spacial score (nSPS) is 11.3. The average molecular weight is 326 g/mol. The molecule has 0 fully saturated rings. The van der Waals surface area contributed by atoms with Gasteiger partial charge >= 0.3 is 0 Å². The Balaban J connectivity index is 2.29. The van der Waals surface area contributed by atoms with Gasteiger partial charge < -0.3 is 10.2 Å². The van der Waals surface area contributed by atoms with E-state index in [1.165, 1.54) is 56.1 Å². The van der Waals surface area contributed by atoms with Gasteiger partial charge in [0.2, 0.25) is 0 Å². The third-order valence-electron chi connectivity index (χ3n) is 3.97. The monoisotopic (exact) mass is 325 g/mol. The van der Waals surface area contributed by atoms with Crippen LogP contribution in [0, 0.1) is 0 Å². The van der Waals surface area contributed by atoms with Crippen LogP contribution in [0.4, 0.5) is 0 Å². The largest absolute Gasteiger partial charge is 0.391 e. The van der Waals surface area contributed by atoms with Gasteiger partial charge in [-0.3, -0.25) is 0 Å². The van der Waals surface area contributed by atoms with E-state index in [2.05, 4.69) is 31.2 Å². The first-order valence-electron chi connectivity index (χ1n) is 8.73. The number of rotatable bonds is 13. The van der Waals surface area contributed by atoms with Crippen molar-refractivity contribution in [3.05, 3.63) is 35.4 Å². The minimum absolute atomic E-state index is 0.108. The van der Waals surface area contributed by atoms with E-state index in [1.807, 2.05) is 0 Å². The van der Waals surface area contributed by atoms with Crippen LogP contribution in [0.3, 0.4) is 0 Å². The summed E-state index contributed by atoms with van der Waals surface area (Å²) in [5, 5.41) is 18.2. The van der Waals surface area contributed by atoms with Crippen LogP contribution in [0.15, 0.2) is 24.3 Å². The Morgan fingerprint density at radius 3 is 1.91 bits per heavy atom. The van der Waals surface area contributed by atoms with Gasteiger partial charge in [-0.2, -0.15) is 0 Å². The Morgan fingerprint density at radius 1 is 0.773 bits per heavy atom. The molecule has 126 valence electrons. The van der Waals surface area contributed by atoms with Crippen LogP contribution in [0.2, 0.25) is 0 Å². The number of aliphatic hydroxyl groups is 2. The van der Waals surface area contributed by atoms with E-state index in [9.17, 15) is 0 Å². The Bertz CT molecular complexity index is 358. The highest BCUT2D eigenvalue weighted by Gasteiger charge is 2.17. The molecule has 0 heterocycles. The van der Waals surface area contributed by atoms with Crippen LogP contribution in [0.25, 0.3) is 0 Å². The molecule has 0 radical (unpaired) electrons. The molecule has 22 heavy (non-hydrogen) atoms. The van der Waals surface area contributed by atoms with Crippen LogP contribution in [-0.2, 0) is 23.1 Å². The minimum Gasteiger partial charge on any atom is -0.391 e. The maximum atomic E-state index is 9.09. The second kappa shape index (κ2) is 13.0.